The van der Waals surface area contributed by atoms with E-state index in [9.17, 15) is 0 Å². The highest BCUT2D eigenvalue weighted by Crippen LogP contribution is 2.25. The van der Waals surface area contributed by atoms with Gasteiger partial charge in [0.25, 0.3) is 0 Å². The molecule has 0 amide bonds. The summed E-state index contributed by atoms with van der Waals surface area (Å²) in [5.74, 6) is 0. The molecule has 0 aromatic heterocycles. The molecule has 0 radical (unpaired) electrons. The van der Waals surface area contributed by atoms with Crippen LogP contribution in [-0.2, 0) is 0 Å². The molecule has 0 aliphatic carbocycles. The van der Waals surface area contributed by atoms with Crippen molar-refractivity contribution in [2.24, 2.45) is 5.10 Å². The van der Waals surface area contributed by atoms with Gasteiger partial charge in [0.05, 0.1) is 16.4 Å². The van der Waals surface area contributed by atoms with Gasteiger partial charge in [-0.3, -0.25) is 5.43 Å². The van der Waals surface area contributed by atoms with E-state index in [1.807, 2.05) is 49.4 Å². The van der Waals surface area contributed by atoms with E-state index in [2.05, 4.69) is 10.5 Å². The maximum Gasteiger partial charge on any atom is 0.0749 e. The number of hydrazone groups is 1. The van der Waals surface area contributed by atoms with Gasteiger partial charge in [-0.2, -0.15) is 5.10 Å². The molecule has 0 aliphatic heterocycles. The first-order valence-electron chi connectivity index (χ1n) is 6.13. The van der Waals surface area contributed by atoms with Crippen LogP contribution in [0.3, 0.4) is 0 Å². The lowest BCUT2D eigenvalue weighted by atomic mass is 10.2. The van der Waals surface area contributed by atoms with Crippen LogP contribution in [0.2, 0.25) is 10.0 Å². The molecule has 4 heteroatoms. The van der Waals surface area contributed by atoms with Gasteiger partial charge in [0.2, 0.25) is 0 Å². The number of hydrogen-bond donors (Lipinski definition) is 1. The molecule has 20 heavy (non-hydrogen) atoms. The molecule has 102 valence electrons. The monoisotopic (exact) mass is 304 g/mol. The van der Waals surface area contributed by atoms with E-state index in [1.165, 1.54) is 0 Å². The SMILES string of the molecule is CC(C=Cc1ccccc1)=NNc1ccc(Cl)cc1Cl. The first kappa shape index (κ1) is 14.6. The number of halogens is 2. The van der Waals surface area contributed by atoms with Gasteiger partial charge in [-0.15, -0.1) is 0 Å². The number of nitrogens with one attached hydrogen (secondary N) is 1. The lowest BCUT2D eigenvalue weighted by Crippen LogP contribution is -1.94. The number of rotatable bonds is 4. The second kappa shape index (κ2) is 7.13. The molecule has 1 N–H and O–H groups in total. The molecule has 0 saturated carbocycles. The molecule has 0 aliphatic rings. The molecule has 0 fully saturated rings. The minimum atomic E-state index is 0.543. The third-order valence-corrected chi connectivity index (χ3v) is 3.15. The number of hydrogen-bond acceptors (Lipinski definition) is 2. The molecule has 2 nitrogen and oxygen atoms in total. The standard InChI is InChI=1S/C16H14Cl2N2/c1-12(7-8-13-5-3-2-4-6-13)19-20-16-10-9-14(17)11-15(16)18/h2-11,20H,1H3. The average molecular weight is 305 g/mol. The van der Waals surface area contributed by atoms with E-state index in [0.717, 1.165) is 17.0 Å². The number of nitrogens with zero attached hydrogens (tertiary/aromatic N) is 1. The zero-order valence-electron chi connectivity index (χ0n) is 11.0. The Labute approximate surface area is 128 Å². The summed E-state index contributed by atoms with van der Waals surface area (Å²) in [6, 6.07) is 15.3. The summed E-state index contributed by atoms with van der Waals surface area (Å²) < 4.78 is 0. The van der Waals surface area contributed by atoms with Crippen LogP contribution in [0.25, 0.3) is 6.08 Å². The van der Waals surface area contributed by atoms with E-state index in [4.69, 9.17) is 23.2 Å². The van der Waals surface area contributed by atoms with Gasteiger partial charge in [-0.1, -0.05) is 59.6 Å². The third-order valence-electron chi connectivity index (χ3n) is 2.60. The van der Waals surface area contributed by atoms with Crippen molar-refractivity contribution in [3.05, 3.63) is 70.2 Å². The van der Waals surface area contributed by atoms with Crippen molar-refractivity contribution in [3.63, 3.8) is 0 Å². The smallest absolute Gasteiger partial charge is 0.0749 e. The van der Waals surface area contributed by atoms with Crippen LogP contribution >= 0.6 is 23.2 Å². The van der Waals surface area contributed by atoms with Gasteiger partial charge in [0.15, 0.2) is 0 Å². The van der Waals surface area contributed by atoms with Crippen LogP contribution in [0.15, 0.2) is 59.7 Å². The Bertz CT molecular complexity index is 634. The first-order chi connectivity index (χ1) is 9.65. The highest BCUT2D eigenvalue weighted by Gasteiger charge is 1.99. The van der Waals surface area contributed by atoms with Gasteiger partial charge in [-0.25, -0.2) is 0 Å². The molecule has 2 rings (SSSR count). The highest BCUT2D eigenvalue weighted by molar-refractivity contribution is 6.36. The zero-order chi connectivity index (χ0) is 14.4. The minimum Gasteiger partial charge on any atom is -0.277 e. The maximum atomic E-state index is 6.05. The van der Waals surface area contributed by atoms with Crippen molar-refractivity contribution in [3.8, 4) is 0 Å². The Morgan fingerprint density at radius 2 is 1.85 bits per heavy atom. The van der Waals surface area contributed by atoms with E-state index in [0.29, 0.717) is 10.0 Å². The fourth-order valence-corrected chi connectivity index (χ4v) is 2.00. The Morgan fingerprint density at radius 1 is 1.10 bits per heavy atom. The normalized spacial score (nSPS) is 11.8. The molecule has 0 unspecified atom stereocenters. The number of allylic oxidation sites excluding steroid dienone is 1. The van der Waals surface area contributed by atoms with Gasteiger partial charge in [-0.05, 0) is 36.8 Å². The zero-order valence-corrected chi connectivity index (χ0v) is 12.5. The first-order valence-corrected chi connectivity index (χ1v) is 6.89. The van der Waals surface area contributed by atoms with Crippen LogP contribution in [0, 0.1) is 0 Å². The lowest BCUT2D eigenvalue weighted by Gasteiger charge is -2.04. The van der Waals surface area contributed by atoms with Crippen LogP contribution in [0.1, 0.15) is 12.5 Å². The van der Waals surface area contributed by atoms with Crippen LogP contribution in [-0.4, -0.2) is 5.71 Å². The van der Waals surface area contributed by atoms with Gasteiger partial charge in [0, 0.05) is 5.02 Å². The second-order valence-corrected chi connectivity index (χ2v) is 5.08. The summed E-state index contributed by atoms with van der Waals surface area (Å²) in [7, 11) is 0. The van der Waals surface area contributed by atoms with Gasteiger partial charge < -0.3 is 0 Å². The third kappa shape index (κ3) is 4.41. The average Bonchev–Trinajstić information content (AvgIpc) is 2.45. The number of benzene rings is 2. The predicted molar refractivity (Wildman–Crippen MR) is 88.7 cm³/mol. The molecule has 0 heterocycles. The summed E-state index contributed by atoms with van der Waals surface area (Å²) in [5.41, 5.74) is 5.63. The molecule has 0 bridgehead atoms. The predicted octanol–water partition coefficient (Wildman–Crippen LogP) is 5.49. The van der Waals surface area contributed by atoms with Crippen molar-refractivity contribution < 1.29 is 0 Å². The van der Waals surface area contributed by atoms with E-state index in [1.54, 1.807) is 18.2 Å². The molecule has 0 spiro atoms. The highest BCUT2D eigenvalue weighted by atomic mass is 35.5. The second-order valence-electron chi connectivity index (χ2n) is 4.23. The Morgan fingerprint density at radius 3 is 2.55 bits per heavy atom. The van der Waals surface area contributed by atoms with E-state index >= 15 is 0 Å². The van der Waals surface area contributed by atoms with Gasteiger partial charge >= 0.3 is 0 Å². The lowest BCUT2D eigenvalue weighted by molar-refractivity contribution is 1.33. The molecule has 2 aromatic carbocycles. The Hall–Kier alpha value is -1.77. The molecular weight excluding hydrogens is 291 g/mol. The van der Waals surface area contributed by atoms with Crippen molar-refractivity contribution in [1.29, 1.82) is 0 Å². The van der Waals surface area contributed by atoms with Crippen molar-refractivity contribution in [2.75, 3.05) is 5.43 Å². The van der Waals surface area contributed by atoms with Crippen LogP contribution in [0.5, 0.6) is 0 Å². The summed E-state index contributed by atoms with van der Waals surface area (Å²) in [4.78, 5) is 0. The van der Waals surface area contributed by atoms with Crippen LogP contribution < -0.4 is 5.43 Å². The summed E-state index contributed by atoms with van der Waals surface area (Å²) in [5, 5.41) is 5.40. The molecular formula is C16H14Cl2N2. The van der Waals surface area contributed by atoms with E-state index < -0.39 is 0 Å². The van der Waals surface area contributed by atoms with Crippen LogP contribution in [0.4, 0.5) is 5.69 Å². The quantitative estimate of drug-likeness (QED) is 0.586. The number of anilines is 1. The van der Waals surface area contributed by atoms with Gasteiger partial charge in [0.1, 0.15) is 0 Å². The summed E-state index contributed by atoms with van der Waals surface area (Å²) in [6.07, 6.45) is 3.94. The fraction of sp³-hybridized carbons (Fsp3) is 0.0625. The van der Waals surface area contributed by atoms with Crippen molar-refractivity contribution >= 4 is 40.7 Å². The summed E-state index contributed by atoms with van der Waals surface area (Å²) in [6.45, 7) is 1.91. The maximum absolute atomic E-state index is 6.05. The Balaban J connectivity index is 2.02. The molecule has 0 atom stereocenters. The molecule has 0 saturated heterocycles. The van der Waals surface area contributed by atoms with E-state index in [-0.39, 0.29) is 0 Å². The molecule has 2 aromatic rings. The topological polar surface area (TPSA) is 24.4 Å². The minimum absolute atomic E-state index is 0.543. The largest absolute Gasteiger partial charge is 0.277 e. The van der Waals surface area contributed by atoms with Crippen molar-refractivity contribution in [2.45, 2.75) is 6.92 Å². The fourth-order valence-electron chi connectivity index (χ4n) is 1.55. The van der Waals surface area contributed by atoms with Crippen molar-refractivity contribution in [1.82, 2.24) is 0 Å². The summed E-state index contributed by atoms with van der Waals surface area (Å²) >= 11 is 11.9. The Kier molecular flexibility index (Phi) is 5.22.